The van der Waals surface area contributed by atoms with Crippen LogP contribution in [0.3, 0.4) is 0 Å². The van der Waals surface area contributed by atoms with Gasteiger partial charge in [0, 0.05) is 17.9 Å². The van der Waals surface area contributed by atoms with Gasteiger partial charge in [0.1, 0.15) is 0 Å². The number of rotatable bonds is 6. The van der Waals surface area contributed by atoms with Crippen molar-refractivity contribution in [2.75, 3.05) is 30.3 Å². The van der Waals surface area contributed by atoms with Gasteiger partial charge in [-0.15, -0.1) is 0 Å². The quantitative estimate of drug-likeness (QED) is 0.700. The molecule has 0 atom stereocenters. The zero-order valence-electron chi connectivity index (χ0n) is 16.3. The van der Waals surface area contributed by atoms with Gasteiger partial charge in [0.25, 0.3) is 0 Å². The minimum Gasteiger partial charge on any atom is -0.381 e. The maximum absolute atomic E-state index is 13.1. The van der Waals surface area contributed by atoms with Crippen molar-refractivity contribution in [3.8, 4) is 0 Å². The lowest BCUT2D eigenvalue weighted by molar-refractivity contribution is -0.138. The number of carbonyl (C=O) groups is 1. The van der Waals surface area contributed by atoms with Gasteiger partial charge >= 0.3 is 6.18 Å². The fourth-order valence-electron chi connectivity index (χ4n) is 3.52. The van der Waals surface area contributed by atoms with Crippen LogP contribution in [0.25, 0.3) is 0 Å². The molecule has 0 spiro atoms. The van der Waals surface area contributed by atoms with Crippen LogP contribution in [0.1, 0.15) is 36.8 Å². The first-order valence-corrected chi connectivity index (χ1v) is 9.93. The first-order valence-electron chi connectivity index (χ1n) is 9.93. The summed E-state index contributed by atoms with van der Waals surface area (Å²) < 4.78 is 39.2. The smallest absolute Gasteiger partial charge is 0.381 e. The molecular formula is C22H26F3N3O. The van der Waals surface area contributed by atoms with E-state index in [-0.39, 0.29) is 18.0 Å². The lowest BCUT2D eigenvalue weighted by atomic mass is 10.1. The molecule has 1 amide bonds. The molecule has 1 heterocycles. The highest BCUT2D eigenvalue weighted by Crippen LogP contribution is 2.32. The molecule has 2 aromatic carbocycles. The van der Waals surface area contributed by atoms with Gasteiger partial charge in [0.15, 0.2) is 0 Å². The minimum absolute atomic E-state index is 0.0493. The van der Waals surface area contributed by atoms with E-state index < -0.39 is 11.7 Å². The summed E-state index contributed by atoms with van der Waals surface area (Å²) >= 11 is 0. The molecule has 0 saturated carbocycles. The third kappa shape index (κ3) is 6.49. The van der Waals surface area contributed by atoms with Gasteiger partial charge in [0.2, 0.25) is 5.91 Å². The van der Waals surface area contributed by atoms with Crippen LogP contribution in [0.15, 0.2) is 48.5 Å². The van der Waals surface area contributed by atoms with Gasteiger partial charge in [-0.3, -0.25) is 9.69 Å². The molecule has 0 aromatic heterocycles. The summed E-state index contributed by atoms with van der Waals surface area (Å²) in [6, 6.07) is 12.5. The molecule has 4 nitrogen and oxygen atoms in total. The normalized spacial score (nSPS) is 15.6. The van der Waals surface area contributed by atoms with E-state index in [0.29, 0.717) is 17.9 Å². The molecule has 0 bridgehead atoms. The van der Waals surface area contributed by atoms with Gasteiger partial charge in [-0.1, -0.05) is 31.0 Å². The zero-order chi connectivity index (χ0) is 20.7. The van der Waals surface area contributed by atoms with Crippen molar-refractivity contribution in [3.63, 3.8) is 0 Å². The number of anilines is 2. The molecule has 156 valence electrons. The number of benzene rings is 2. The fraction of sp³-hybridized carbons (Fsp3) is 0.409. The molecular weight excluding hydrogens is 379 g/mol. The van der Waals surface area contributed by atoms with Gasteiger partial charge in [0.05, 0.1) is 12.1 Å². The van der Waals surface area contributed by atoms with Crippen molar-refractivity contribution >= 4 is 17.3 Å². The topological polar surface area (TPSA) is 44.4 Å². The van der Waals surface area contributed by atoms with E-state index in [9.17, 15) is 18.0 Å². The summed E-state index contributed by atoms with van der Waals surface area (Å²) in [7, 11) is 0. The number of halogens is 3. The summed E-state index contributed by atoms with van der Waals surface area (Å²) in [4.78, 5) is 14.4. The Kier molecular flexibility index (Phi) is 7.14. The van der Waals surface area contributed by atoms with Gasteiger partial charge < -0.3 is 10.6 Å². The molecule has 3 rings (SSSR count). The van der Waals surface area contributed by atoms with Crippen molar-refractivity contribution in [2.45, 2.75) is 38.4 Å². The summed E-state index contributed by atoms with van der Waals surface area (Å²) in [5, 5.41) is 5.89. The number of alkyl halides is 3. The standard InChI is InChI=1S/C22H26F3N3O/c23-22(24,25)20-8-4-3-7-17(20)15-26-18-9-11-19(12-10-18)27-21(29)16-28-13-5-1-2-6-14-28/h3-4,7-12,26H,1-2,5-6,13-16H2,(H,27,29). The van der Waals surface area contributed by atoms with E-state index in [2.05, 4.69) is 15.5 Å². The predicted molar refractivity (Wildman–Crippen MR) is 109 cm³/mol. The Morgan fingerprint density at radius 1 is 0.897 bits per heavy atom. The molecule has 0 aliphatic carbocycles. The first kappa shape index (κ1) is 21.2. The number of hydrogen-bond donors (Lipinski definition) is 2. The zero-order valence-corrected chi connectivity index (χ0v) is 16.3. The van der Waals surface area contributed by atoms with Crippen molar-refractivity contribution in [3.05, 3.63) is 59.7 Å². The molecule has 2 N–H and O–H groups in total. The van der Waals surface area contributed by atoms with E-state index in [1.165, 1.54) is 25.0 Å². The van der Waals surface area contributed by atoms with Crippen LogP contribution in [0.2, 0.25) is 0 Å². The van der Waals surface area contributed by atoms with Crippen LogP contribution in [0, 0.1) is 0 Å². The number of amides is 1. The number of nitrogens with one attached hydrogen (secondary N) is 2. The Hall–Kier alpha value is -2.54. The molecule has 1 fully saturated rings. The van der Waals surface area contributed by atoms with Crippen LogP contribution >= 0.6 is 0 Å². The summed E-state index contributed by atoms with van der Waals surface area (Å²) in [5.74, 6) is -0.0493. The first-order chi connectivity index (χ1) is 13.9. The van der Waals surface area contributed by atoms with Gasteiger partial charge in [-0.25, -0.2) is 0 Å². The molecule has 1 aliphatic rings. The van der Waals surface area contributed by atoms with Crippen LogP contribution < -0.4 is 10.6 Å². The number of nitrogens with zero attached hydrogens (tertiary/aromatic N) is 1. The Labute approximate surface area is 169 Å². The molecule has 1 aliphatic heterocycles. The van der Waals surface area contributed by atoms with Crippen LogP contribution in [-0.4, -0.2) is 30.4 Å². The van der Waals surface area contributed by atoms with E-state index in [1.54, 1.807) is 30.3 Å². The molecule has 29 heavy (non-hydrogen) atoms. The molecule has 0 radical (unpaired) electrons. The molecule has 0 unspecified atom stereocenters. The maximum Gasteiger partial charge on any atom is 0.416 e. The average molecular weight is 405 g/mol. The van der Waals surface area contributed by atoms with Crippen LogP contribution in [-0.2, 0) is 17.5 Å². The third-order valence-electron chi connectivity index (χ3n) is 5.04. The third-order valence-corrected chi connectivity index (χ3v) is 5.04. The lowest BCUT2D eigenvalue weighted by Crippen LogP contribution is -2.33. The van der Waals surface area contributed by atoms with Crippen molar-refractivity contribution < 1.29 is 18.0 Å². The van der Waals surface area contributed by atoms with Crippen molar-refractivity contribution in [1.82, 2.24) is 4.90 Å². The second-order valence-corrected chi connectivity index (χ2v) is 7.32. The molecule has 1 saturated heterocycles. The van der Waals surface area contributed by atoms with Crippen LogP contribution in [0.4, 0.5) is 24.5 Å². The largest absolute Gasteiger partial charge is 0.416 e. The molecule has 7 heteroatoms. The minimum atomic E-state index is -4.38. The van der Waals surface area contributed by atoms with E-state index in [0.717, 1.165) is 32.0 Å². The second-order valence-electron chi connectivity index (χ2n) is 7.32. The maximum atomic E-state index is 13.1. The highest BCUT2D eigenvalue weighted by molar-refractivity contribution is 5.92. The Morgan fingerprint density at radius 3 is 2.17 bits per heavy atom. The Bertz CT molecular complexity index is 798. The van der Waals surface area contributed by atoms with Crippen molar-refractivity contribution in [1.29, 1.82) is 0 Å². The van der Waals surface area contributed by atoms with Gasteiger partial charge in [-0.2, -0.15) is 13.2 Å². The molecule has 2 aromatic rings. The van der Waals surface area contributed by atoms with E-state index in [4.69, 9.17) is 0 Å². The summed E-state index contributed by atoms with van der Waals surface area (Å²) in [5.41, 5.74) is 0.915. The Morgan fingerprint density at radius 2 is 1.52 bits per heavy atom. The SMILES string of the molecule is O=C(CN1CCCCCC1)Nc1ccc(NCc2ccccc2C(F)(F)F)cc1. The highest BCUT2D eigenvalue weighted by atomic mass is 19.4. The lowest BCUT2D eigenvalue weighted by Gasteiger charge is -2.19. The number of hydrogen-bond acceptors (Lipinski definition) is 3. The predicted octanol–water partition coefficient (Wildman–Crippen LogP) is 5.13. The average Bonchev–Trinajstić information content (AvgIpc) is 2.95. The van der Waals surface area contributed by atoms with Crippen molar-refractivity contribution in [2.24, 2.45) is 0 Å². The second kappa shape index (κ2) is 9.78. The van der Waals surface area contributed by atoms with Gasteiger partial charge in [-0.05, 0) is 61.8 Å². The van der Waals surface area contributed by atoms with E-state index >= 15 is 0 Å². The summed E-state index contributed by atoms with van der Waals surface area (Å²) in [6.45, 7) is 2.36. The number of carbonyl (C=O) groups excluding carboxylic acids is 1. The Balaban J connectivity index is 1.52. The monoisotopic (exact) mass is 405 g/mol. The fourth-order valence-corrected chi connectivity index (χ4v) is 3.52. The van der Waals surface area contributed by atoms with Crippen LogP contribution in [0.5, 0.6) is 0 Å². The summed E-state index contributed by atoms with van der Waals surface area (Å²) in [6.07, 6.45) is 0.329. The highest BCUT2D eigenvalue weighted by Gasteiger charge is 2.32. The number of likely N-dealkylation sites (tertiary alicyclic amines) is 1. The van der Waals surface area contributed by atoms with E-state index in [1.807, 2.05) is 0 Å².